The number of rotatable bonds is 3. The fourth-order valence-electron chi connectivity index (χ4n) is 1.36. The third kappa shape index (κ3) is 1.82. The monoisotopic (exact) mass is 152 g/mol. The van der Waals surface area contributed by atoms with Gasteiger partial charge < -0.3 is 0 Å². The molecule has 1 heterocycles. The van der Waals surface area contributed by atoms with Gasteiger partial charge in [0.2, 0.25) is 0 Å². The highest BCUT2D eigenvalue weighted by Gasteiger charge is 2.02. The number of hydrogen-bond donors (Lipinski definition) is 0. The lowest BCUT2D eigenvalue weighted by Crippen LogP contribution is -1.90. The van der Waals surface area contributed by atoms with E-state index in [4.69, 9.17) is 0 Å². The molecule has 11 heavy (non-hydrogen) atoms. The molecule has 0 unspecified atom stereocenters. The molecule has 0 aliphatic heterocycles. The molecule has 0 aliphatic rings. The van der Waals surface area contributed by atoms with Crippen LogP contribution >= 0.6 is 0 Å². The van der Waals surface area contributed by atoms with Crippen LogP contribution in [0, 0.1) is 0 Å². The van der Waals surface area contributed by atoms with Gasteiger partial charge in [-0.15, -0.1) is 0 Å². The van der Waals surface area contributed by atoms with E-state index < -0.39 is 0 Å². The molecule has 0 aromatic carbocycles. The van der Waals surface area contributed by atoms with E-state index in [0.29, 0.717) is 0 Å². The Morgan fingerprint density at radius 1 is 1.45 bits per heavy atom. The first-order chi connectivity index (χ1) is 5.27. The van der Waals surface area contributed by atoms with Crippen molar-refractivity contribution in [1.82, 2.24) is 9.78 Å². The molecule has 0 N–H and O–H groups in total. The van der Waals surface area contributed by atoms with Crippen molar-refractivity contribution in [1.29, 1.82) is 0 Å². The van der Waals surface area contributed by atoms with Gasteiger partial charge in [-0.2, -0.15) is 5.10 Å². The summed E-state index contributed by atoms with van der Waals surface area (Å²) in [5.41, 5.74) is 2.67. The van der Waals surface area contributed by atoms with E-state index in [9.17, 15) is 0 Å². The number of aryl methyl sites for hydroxylation is 3. The van der Waals surface area contributed by atoms with Gasteiger partial charge in [0.25, 0.3) is 0 Å². The zero-order valence-electron chi connectivity index (χ0n) is 7.59. The molecule has 0 aliphatic carbocycles. The van der Waals surface area contributed by atoms with Crippen LogP contribution in [-0.2, 0) is 19.9 Å². The van der Waals surface area contributed by atoms with E-state index in [2.05, 4.69) is 25.1 Å². The minimum atomic E-state index is 1.05. The molecule has 1 aromatic rings. The number of aromatic nitrogens is 2. The first-order valence-corrected chi connectivity index (χ1v) is 4.29. The highest BCUT2D eigenvalue weighted by atomic mass is 15.2. The normalized spacial score (nSPS) is 10.5. The van der Waals surface area contributed by atoms with E-state index in [-0.39, 0.29) is 0 Å². The predicted octanol–water partition coefficient (Wildman–Crippen LogP) is 1.94. The van der Waals surface area contributed by atoms with Crippen LogP contribution in [-0.4, -0.2) is 9.78 Å². The molecule has 0 fully saturated rings. The summed E-state index contributed by atoms with van der Waals surface area (Å²) in [6, 6.07) is 0. The number of hydrogen-bond acceptors (Lipinski definition) is 1. The molecule has 0 saturated carbocycles. The van der Waals surface area contributed by atoms with Crippen molar-refractivity contribution >= 4 is 0 Å². The second-order valence-electron chi connectivity index (χ2n) is 2.88. The molecule has 1 aromatic heterocycles. The Balaban J connectivity index is 2.83. The van der Waals surface area contributed by atoms with E-state index >= 15 is 0 Å². The van der Waals surface area contributed by atoms with Crippen molar-refractivity contribution < 1.29 is 0 Å². The van der Waals surface area contributed by atoms with Crippen molar-refractivity contribution in [3.63, 3.8) is 0 Å². The Kier molecular flexibility index (Phi) is 2.69. The molecule has 1 rings (SSSR count). The summed E-state index contributed by atoms with van der Waals surface area (Å²) in [6.45, 7) is 4.36. The Labute approximate surface area is 68.2 Å². The lowest BCUT2D eigenvalue weighted by molar-refractivity contribution is 0.746. The zero-order valence-corrected chi connectivity index (χ0v) is 7.59. The van der Waals surface area contributed by atoms with Gasteiger partial charge in [0, 0.05) is 13.2 Å². The van der Waals surface area contributed by atoms with Crippen molar-refractivity contribution in [2.24, 2.45) is 7.05 Å². The smallest absolute Gasteiger partial charge is 0.0653 e. The summed E-state index contributed by atoms with van der Waals surface area (Å²) in [4.78, 5) is 0. The van der Waals surface area contributed by atoms with Crippen molar-refractivity contribution in [3.05, 3.63) is 17.5 Å². The Morgan fingerprint density at radius 2 is 2.18 bits per heavy atom. The molecule has 2 nitrogen and oxygen atoms in total. The highest BCUT2D eigenvalue weighted by Crippen LogP contribution is 2.08. The predicted molar refractivity (Wildman–Crippen MR) is 46.6 cm³/mol. The topological polar surface area (TPSA) is 17.8 Å². The minimum absolute atomic E-state index is 1.05. The molecular formula is C9H16N2. The summed E-state index contributed by atoms with van der Waals surface area (Å²) < 4.78 is 1.91. The Morgan fingerprint density at radius 3 is 2.73 bits per heavy atom. The summed E-state index contributed by atoms with van der Waals surface area (Å²) in [6.07, 6.45) is 5.55. The minimum Gasteiger partial charge on any atom is -0.275 e. The van der Waals surface area contributed by atoms with Crippen LogP contribution in [0.25, 0.3) is 0 Å². The van der Waals surface area contributed by atoms with E-state index in [1.807, 2.05) is 11.7 Å². The summed E-state index contributed by atoms with van der Waals surface area (Å²) >= 11 is 0. The summed E-state index contributed by atoms with van der Waals surface area (Å²) in [5.74, 6) is 0. The van der Waals surface area contributed by atoms with E-state index in [0.717, 1.165) is 12.8 Å². The average molecular weight is 152 g/mol. The lowest BCUT2D eigenvalue weighted by atomic mass is 10.1. The molecular weight excluding hydrogens is 136 g/mol. The van der Waals surface area contributed by atoms with Crippen LogP contribution in [0.15, 0.2) is 6.20 Å². The van der Waals surface area contributed by atoms with Gasteiger partial charge in [-0.1, -0.05) is 20.3 Å². The van der Waals surface area contributed by atoms with Crippen molar-refractivity contribution in [2.75, 3.05) is 0 Å². The Bertz CT molecular complexity index is 225. The molecule has 0 radical (unpaired) electrons. The molecule has 0 bridgehead atoms. The molecule has 0 spiro atoms. The summed E-state index contributed by atoms with van der Waals surface area (Å²) in [7, 11) is 1.98. The van der Waals surface area contributed by atoms with Gasteiger partial charge in [0.1, 0.15) is 0 Å². The van der Waals surface area contributed by atoms with Crippen LogP contribution in [0.5, 0.6) is 0 Å². The maximum Gasteiger partial charge on any atom is 0.0653 e. The molecule has 0 atom stereocenters. The highest BCUT2D eigenvalue weighted by molar-refractivity contribution is 5.16. The second kappa shape index (κ2) is 3.56. The first-order valence-electron chi connectivity index (χ1n) is 4.29. The standard InChI is InChI=1S/C9H16N2/c1-4-6-8-7-11(3)10-9(8)5-2/h7H,4-6H2,1-3H3. The fraction of sp³-hybridized carbons (Fsp3) is 0.667. The quantitative estimate of drug-likeness (QED) is 0.647. The first kappa shape index (κ1) is 8.31. The van der Waals surface area contributed by atoms with Crippen LogP contribution < -0.4 is 0 Å². The van der Waals surface area contributed by atoms with Crippen LogP contribution in [0.2, 0.25) is 0 Å². The zero-order chi connectivity index (χ0) is 8.27. The maximum atomic E-state index is 4.36. The maximum absolute atomic E-state index is 4.36. The third-order valence-electron chi connectivity index (χ3n) is 1.85. The average Bonchev–Trinajstić information content (AvgIpc) is 2.32. The van der Waals surface area contributed by atoms with Crippen molar-refractivity contribution in [3.8, 4) is 0 Å². The van der Waals surface area contributed by atoms with Crippen molar-refractivity contribution in [2.45, 2.75) is 33.1 Å². The van der Waals surface area contributed by atoms with E-state index in [1.54, 1.807) is 0 Å². The third-order valence-corrected chi connectivity index (χ3v) is 1.85. The second-order valence-corrected chi connectivity index (χ2v) is 2.88. The van der Waals surface area contributed by atoms with Gasteiger partial charge in [-0.25, -0.2) is 0 Å². The fourth-order valence-corrected chi connectivity index (χ4v) is 1.36. The Hall–Kier alpha value is -0.790. The van der Waals surface area contributed by atoms with Crippen LogP contribution in [0.1, 0.15) is 31.5 Å². The molecule has 2 heteroatoms. The molecule has 62 valence electrons. The SMILES string of the molecule is CCCc1cn(C)nc1CC. The molecule has 0 saturated heterocycles. The van der Waals surface area contributed by atoms with Gasteiger partial charge >= 0.3 is 0 Å². The largest absolute Gasteiger partial charge is 0.275 e. The number of nitrogens with zero attached hydrogens (tertiary/aromatic N) is 2. The van der Waals surface area contributed by atoms with Crippen LogP contribution in [0.4, 0.5) is 0 Å². The summed E-state index contributed by atoms with van der Waals surface area (Å²) in [5, 5.41) is 4.36. The van der Waals surface area contributed by atoms with Gasteiger partial charge in [-0.3, -0.25) is 4.68 Å². The lowest BCUT2D eigenvalue weighted by Gasteiger charge is -1.94. The van der Waals surface area contributed by atoms with E-state index in [1.165, 1.54) is 17.7 Å². The van der Waals surface area contributed by atoms with Gasteiger partial charge in [0.05, 0.1) is 5.69 Å². The molecule has 0 amide bonds. The van der Waals surface area contributed by atoms with Gasteiger partial charge in [0.15, 0.2) is 0 Å². The van der Waals surface area contributed by atoms with Gasteiger partial charge in [-0.05, 0) is 18.4 Å². The van der Waals surface area contributed by atoms with Crippen LogP contribution in [0.3, 0.4) is 0 Å².